The van der Waals surface area contributed by atoms with Crippen LogP contribution in [-0.4, -0.2) is 4.98 Å². The third-order valence-electron chi connectivity index (χ3n) is 10.3. The minimum absolute atomic E-state index is 0.844. The largest absolute Gasteiger partial charge is 0.456 e. The number of furan rings is 1. The molecule has 254 valence electrons. The third kappa shape index (κ3) is 5.12. The monoisotopic (exact) mass is 726 g/mol. The van der Waals surface area contributed by atoms with Gasteiger partial charge in [-0.1, -0.05) is 121 Å². The van der Waals surface area contributed by atoms with Crippen LogP contribution in [0, 0.1) is 0 Å². The molecule has 0 aliphatic heterocycles. The van der Waals surface area contributed by atoms with Crippen LogP contribution < -0.4 is 4.90 Å². The van der Waals surface area contributed by atoms with Gasteiger partial charge in [0.15, 0.2) is 0 Å². The van der Waals surface area contributed by atoms with Crippen molar-refractivity contribution in [2.24, 2.45) is 0 Å². The van der Waals surface area contributed by atoms with E-state index in [0.717, 1.165) is 59.8 Å². The standard InChI is InChI=1S/C49H30N2OS2/c1-3-11-31(12-4-1)32-21-23-35(24-22-32)51(36-16-9-15-34(29-36)38-18-10-19-40-39-17-7-8-20-44(39)53-48(38)40)37-25-26-42-41(30-37)46-43(52-42)27-28-45-47(46)50-49(54-45)33-13-5-2-6-14-33/h1-30H. The molecule has 0 aliphatic carbocycles. The van der Waals surface area contributed by atoms with Gasteiger partial charge in [0.2, 0.25) is 0 Å². The summed E-state index contributed by atoms with van der Waals surface area (Å²) in [7, 11) is 0. The van der Waals surface area contributed by atoms with Crippen molar-refractivity contribution in [3.8, 4) is 32.8 Å². The van der Waals surface area contributed by atoms with E-state index in [2.05, 4.69) is 181 Å². The van der Waals surface area contributed by atoms with Crippen LogP contribution in [0.2, 0.25) is 0 Å². The van der Waals surface area contributed by atoms with E-state index in [1.54, 1.807) is 11.3 Å². The Balaban J connectivity index is 1.10. The number of benzene rings is 8. The molecule has 0 amide bonds. The molecule has 8 aromatic carbocycles. The first-order valence-corrected chi connectivity index (χ1v) is 19.7. The van der Waals surface area contributed by atoms with E-state index in [-0.39, 0.29) is 0 Å². The second kappa shape index (κ2) is 12.6. The number of thiazole rings is 1. The molecule has 11 rings (SSSR count). The summed E-state index contributed by atoms with van der Waals surface area (Å²) in [5.74, 6) is 0. The number of thiophene rings is 1. The fourth-order valence-corrected chi connectivity index (χ4v) is 9.97. The molecule has 0 unspecified atom stereocenters. The van der Waals surface area contributed by atoms with Gasteiger partial charge in [-0.15, -0.1) is 22.7 Å². The summed E-state index contributed by atoms with van der Waals surface area (Å²) in [6.07, 6.45) is 0. The first-order chi connectivity index (χ1) is 26.7. The second-order valence-corrected chi connectivity index (χ2v) is 15.6. The lowest BCUT2D eigenvalue weighted by molar-refractivity contribution is 0.669. The van der Waals surface area contributed by atoms with Crippen LogP contribution in [0.5, 0.6) is 0 Å². The molecular weight excluding hydrogens is 697 g/mol. The van der Waals surface area contributed by atoms with Crippen molar-refractivity contribution in [2.45, 2.75) is 0 Å². The molecule has 0 fully saturated rings. The highest BCUT2D eigenvalue weighted by atomic mass is 32.1. The summed E-state index contributed by atoms with van der Waals surface area (Å²) >= 11 is 3.58. The maximum atomic E-state index is 6.48. The van der Waals surface area contributed by atoms with E-state index >= 15 is 0 Å². The summed E-state index contributed by atoms with van der Waals surface area (Å²) in [5, 5.41) is 5.71. The summed E-state index contributed by atoms with van der Waals surface area (Å²) in [6.45, 7) is 0. The molecule has 0 spiro atoms. The van der Waals surface area contributed by atoms with Crippen molar-refractivity contribution < 1.29 is 4.42 Å². The summed E-state index contributed by atoms with van der Waals surface area (Å²) in [4.78, 5) is 7.55. The van der Waals surface area contributed by atoms with Crippen molar-refractivity contribution in [3.05, 3.63) is 182 Å². The predicted octanol–water partition coefficient (Wildman–Crippen LogP) is 15.0. The van der Waals surface area contributed by atoms with Gasteiger partial charge in [-0.25, -0.2) is 4.98 Å². The average Bonchev–Trinajstić information content (AvgIpc) is 3.95. The molecule has 0 atom stereocenters. The smallest absolute Gasteiger partial charge is 0.137 e. The molecule has 0 bridgehead atoms. The molecule has 3 heterocycles. The molecule has 0 radical (unpaired) electrons. The van der Waals surface area contributed by atoms with E-state index in [1.165, 1.54) is 42.4 Å². The molecule has 54 heavy (non-hydrogen) atoms. The Morgan fingerprint density at radius 2 is 1.09 bits per heavy atom. The van der Waals surface area contributed by atoms with Crippen LogP contribution in [0.1, 0.15) is 0 Å². The Morgan fingerprint density at radius 1 is 0.426 bits per heavy atom. The maximum absolute atomic E-state index is 6.48. The van der Waals surface area contributed by atoms with Gasteiger partial charge in [0.05, 0.1) is 15.6 Å². The van der Waals surface area contributed by atoms with Crippen LogP contribution in [0.25, 0.3) is 85.2 Å². The Labute approximate surface area is 319 Å². The fraction of sp³-hybridized carbons (Fsp3) is 0. The third-order valence-corrected chi connectivity index (χ3v) is 12.6. The number of hydrogen-bond acceptors (Lipinski definition) is 5. The molecule has 5 heteroatoms. The Hall–Kier alpha value is -6.53. The highest BCUT2D eigenvalue weighted by Crippen LogP contribution is 2.45. The van der Waals surface area contributed by atoms with Gasteiger partial charge in [-0.05, 0) is 82.9 Å². The highest BCUT2D eigenvalue weighted by Gasteiger charge is 2.20. The van der Waals surface area contributed by atoms with Crippen LogP contribution in [0.3, 0.4) is 0 Å². The number of anilines is 3. The quantitative estimate of drug-likeness (QED) is 0.171. The minimum atomic E-state index is 0.844. The van der Waals surface area contributed by atoms with Gasteiger partial charge in [0, 0.05) is 48.2 Å². The summed E-state index contributed by atoms with van der Waals surface area (Å²) in [5.41, 5.74) is 11.8. The number of fused-ring (bicyclic) bond motifs is 8. The highest BCUT2D eigenvalue weighted by molar-refractivity contribution is 7.26. The zero-order valence-electron chi connectivity index (χ0n) is 28.9. The molecular formula is C49H30N2OS2. The van der Waals surface area contributed by atoms with E-state index in [0.29, 0.717) is 0 Å². The van der Waals surface area contributed by atoms with Gasteiger partial charge >= 0.3 is 0 Å². The zero-order chi connectivity index (χ0) is 35.6. The van der Waals surface area contributed by atoms with Gasteiger partial charge in [0.25, 0.3) is 0 Å². The van der Waals surface area contributed by atoms with Crippen LogP contribution in [0.15, 0.2) is 186 Å². The van der Waals surface area contributed by atoms with Crippen molar-refractivity contribution in [1.29, 1.82) is 0 Å². The van der Waals surface area contributed by atoms with Gasteiger partial charge in [-0.3, -0.25) is 0 Å². The zero-order valence-corrected chi connectivity index (χ0v) is 30.6. The Morgan fingerprint density at radius 3 is 1.94 bits per heavy atom. The van der Waals surface area contributed by atoms with Crippen LogP contribution in [-0.2, 0) is 0 Å². The first-order valence-electron chi connectivity index (χ1n) is 18.0. The molecule has 11 aromatic rings. The Bertz CT molecular complexity index is 3160. The van der Waals surface area contributed by atoms with Crippen molar-refractivity contribution in [1.82, 2.24) is 4.98 Å². The number of rotatable bonds is 6. The van der Waals surface area contributed by atoms with Crippen molar-refractivity contribution >= 4 is 92.1 Å². The van der Waals surface area contributed by atoms with Gasteiger partial charge in [-0.2, -0.15) is 0 Å². The van der Waals surface area contributed by atoms with Crippen molar-refractivity contribution in [2.75, 3.05) is 4.90 Å². The molecule has 0 saturated heterocycles. The number of hydrogen-bond donors (Lipinski definition) is 0. The van der Waals surface area contributed by atoms with E-state index in [1.807, 2.05) is 17.4 Å². The topological polar surface area (TPSA) is 29.3 Å². The molecule has 3 aromatic heterocycles. The van der Waals surface area contributed by atoms with Crippen molar-refractivity contribution in [3.63, 3.8) is 0 Å². The Kier molecular flexibility index (Phi) is 7.22. The first kappa shape index (κ1) is 31.0. The molecule has 3 nitrogen and oxygen atoms in total. The lowest BCUT2D eigenvalue weighted by Gasteiger charge is -2.26. The summed E-state index contributed by atoms with van der Waals surface area (Å²) in [6, 6.07) is 65.0. The molecule has 0 N–H and O–H groups in total. The maximum Gasteiger partial charge on any atom is 0.137 e. The van der Waals surface area contributed by atoms with E-state index < -0.39 is 0 Å². The summed E-state index contributed by atoms with van der Waals surface area (Å²) < 4.78 is 10.2. The average molecular weight is 727 g/mol. The molecule has 0 saturated carbocycles. The minimum Gasteiger partial charge on any atom is -0.456 e. The normalized spacial score (nSPS) is 11.7. The van der Waals surface area contributed by atoms with E-state index in [9.17, 15) is 0 Å². The van der Waals surface area contributed by atoms with Crippen LogP contribution in [0.4, 0.5) is 17.1 Å². The van der Waals surface area contributed by atoms with Gasteiger partial charge < -0.3 is 9.32 Å². The van der Waals surface area contributed by atoms with E-state index in [4.69, 9.17) is 9.40 Å². The molecule has 0 aliphatic rings. The van der Waals surface area contributed by atoms with Gasteiger partial charge in [0.1, 0.15) is 16.2 Å². The SMILES string of the molecule is c1ccc(-c2ccc(N(c3cccc(-c4cccc5c4sc4ccccc45)c3)c3ccc4oc5ccc6sc(-c7ccccc7)nc6c5c4c3)cc2)cc1. The predicted molar refractivity (Wildman–Crippen MR) is 231 cm³/mol. The second-order valence-electron chi connectivity index (χ2n) is 13.5. The van der Waals surface area contributed by atoms with Crippen LogP contribution >= 0.6 is 22.7 Å². The number of nitrogens with zero attached hydrogens (tertiary/aromatic N) is 2. The lowest BCUT2D eigenvalue weighted by atomic mass is 10.0. The number of aromatic nitrogens is 1. The fourth-order valence-electron chi connectivity index (χ4n) is 7.75. The lowest BCUT2D eigenvalue weighted by Crippen LogP contribution is -2.10.